The van der Waals surface area contributed by atoms with Gasteiger partial charge in [0.05, 0.1) is 12.3 Å². The Morgan fingerprint density at radius 3 is 2.64 bits per heavy atom. The predicted molar refractivity (Wildman–Crippen MR) is 112 cm³/mol. The second-order valence-corrected chi connectivity index (χ2v) is 7.00. The zero-order chi connectivity index (χ0) is 19.8. The van der Waals surface area contributed by atoms with Gasteiger partial charge >= 0.3 is 0 Å². The molecule has 1 N–H and O–H groups in total. The van der Waals surface area contributed by atoms with Crippen molar-refractivity contribution in [2.45, 2.75) is 19.8 Å². The van der Waals surface area contributed by atoms with Crippen molar-refractivity contribution in [2.75, 3.05) is 11.9 Å². The fraction of sp³-hybridized carbons (Fsp3) is 0.182. The zero-order valence-corrected chi connectivity index (χ0v) is 16.3. The second kappa shape index (κ2) is 9.80. The van der Waals surface area contributed by atoms with Crippen molar-refractivity contribution < 1.29 is 13.9 Å². The van der Waals surface area contributed by atoms with Crippen LogP contribution in [0.5, 0.6) is 5.75 Å². The summed E-state index contributed by atoms with van der Waals surface area (Å²) in [7, 11) is 0. The number of hydrogen-bond donors (Lipinski definition) is 1. The number of unbranched alkanes of at least 4 members (excludes halogenated alkanes) is 1. The van der Waals surface area contributed by atoms with Crippen molar-refractivity contribution in [3.05, 3.63) is 71.4 Å². The van der Waals surface area contributed by atoms with E-state index in [1.54, 1.807) is 18.2 Å². The lowest BCUT2D eigenvalue weighted by Gasteiger charge is -2.05. The lowest BCUT2D eigenvalue weighted by molar-refractivity contribution is -0.111. The number of carbonyl (C=O) groups excluding carboxylic acids is 1. The van der Waals surface area contributed by atoms with E-state index in [0.29, 0.717) is 11.7 Å². The number of carbonyl (C=O) groups is 1. The van der Waals surface area contributed by atoms with E-state index < -0.39 is 0 Å². The van der Waals surface area contributed by atoms with E-state index in [0.717, 1.165) is 35.4 Å². The van der Waals surface area contributed by atoms with E-state index in [2.05, 4.69) is 17.2 Å². The Morgan fingerprint density at radius 2 is 1.93 bits per heavy atom. The highest BCUT2D eigenvalue weighted by Gasteiger charge is 2.07. The van der Waals surface area contributed by atoms with Crippen LogP contribution in [0, 0.1) is 5.82 Å². The number of nitrogens with zero attached hydrogens (tertiary/aromatic N) is 1. The van der Waals surface area contributed by atoms with Crippen LogP contribution in [-0.2, 0) is 4.79 Å². The minimum Gasteiger partial charge on any atom is -0.494 e. The molecular formula is C22H21FN2O2S. The van der Waals surface area contributed by atoms with Crippen LogP contribution in [0.15, 0.2) is 60.0 Å². The summed E-state index contributed by atoms with van der Waals surface area (Å²) in [5.74, 6) is 0.245. The standard InChI is InChI=1S/C22H21FN2O2S/c1-2-3-14-27-19-11-7-17(8-12-19)20-15-28-22(24-20)25-21(26)13-6-16-4-9-18(23)10-5-16/h4-13,15H,2-3,14H2,1H3,(H,24,25,26)/b13-6+. The fourth-order valence-electron chi connectivity index (χ4n) is 2.41. The number of benzene rings is 2. The molecule has 4 nitrogen and oxygen atoms in total. The lowest BCUT2D eigenvalue weighted by Crippen LogP contribution is -2.07. The van der Waals surface area contributed by atoms with E-state index in [-0.39, 0.29) is 11.7 Å². The molecule has 0 radical (unpaired) electrons. The monoisotopic (exact) mass is 396 g/mol. The molecule has 3 rings (SSSR count). The van der Waals surface area contributed by atoms with E-state index in [9.17, 15) is 9.18 Å². The highest BCUT2D eigenvalue weighted by Crippen LogP contribution is 2.26. The van der Waals surface area contributed by atoms with Crippen molar-refractivity contribution >= 4 is 28.5 Å². The summed E-state index contributed by atoms with van der Waals surface area (Å²) in [5.41, 5.74) is 2.50. The Bertz CT molecular complexity index is 934. The minimum absolute atomic E-state index is 0.287. The molecule has 28 heavy (non-hydrogen) atoms. The maximum Gasteiger partial charge on any atom is 0.250 e. The van der Waals surface area contributed by atoms with Crippen LogP contribution in [0.3, 0.4) is 0 Å². The number of nitrogens with one attached hydrogen (secondary N) is 1. The van der Waals surface area contributed by atoms with Crippen LogP contribution >= 0.6 is 11.3 Å². The Balaban J connectivity index is 1.57. The van der Waals surface area contributed by atoms with Gasteiger partial charge in [0.15, 0.2) is 5.13 Å². The molecule has 3 aromatic rings. The maximum atomic E-state index is 12.9. The van der Waals surface area contributed by atoms with Gasteiger partial charge in [-0.2, -0.15) is 0 Å². The number of anilines is 1. The smallest absolute Gasteiger partial charge is 0.250 e. The summed E-state index contributed by atoms with van der Waals surface area (Å²) in [6.07, 6.45) is 5.16. The first kappa shape index (κ1) is 19.8. The highest BCUT2D eigenvalue weighted by molar-refractivity contribution is 7.14. The summed E-state index contributed by atoms with van der Waals surface area (Å²) in [6, 6.07) is 13.7. The minimum atomic E-state index is -0.308. The van der Waals surface area contributed by atoms with Gasteiger partial charge in [0.1, 0.15) is 11.6 Å². The van der Waals surface area contributed by atoms with Gasteiger partial charge in [-0.25, -0.2) is 9.37 Å². The summed E-state index contributed by atoms with van der Waals surface area (Å²) in [6.45, 7) is 2.85. The van der Waals surface area contributed by atoms with Crippen molar-refractivity contribution in [2.24, 2.45) is 0 Å². The van der Waals surface area contributed by atoms with Crippen LogP contribution in [0.2, 0.25) is 0 Å². The van der Waals surface area contributed by atoms with Gasteiger partial charge in [0.2, 0.25) is 5.91 Å². The average molecular weight is 396 g/mol. The van der Waals surface area contributed by atoms with E-state index in [1.807, 2.05) is 29.6 Å². The molecule has 1 amide bonds. The Hall–Kier alpha value is -2.99. The van der Waals surface area contributed by atoms with Crippen LogP contribution in [0.4, 0.5) is 9.52 Å². The Morgan fingerprint density at radius 1 is 1.18 bits per heavy atom. The number of hydrogen-bond acceptors (Lipinski definition) is 4. The summed E-state index contributed by atoms with van der Waals surface area (Å²) in [5, 5.41) is 5.16. The van der Waals surface area contributed by atoms with Gasteiger partial charge in [-0.1, -0.05) is 25.5 Å². The molecule has 6 heteroatoms. The molecule has 0 saturated heterocycles. The first-order valence-electron chi connectivity index (χ1n) is 9.07. The maximum absolute atomic E-state index is 12.9. The average Bonchev–Trinajstić information content (AvgIpc) is 3.17. The van der Waals surface area contributed by atoms with Crippen molar-refractivity contribution in [1.82, 2.24) is 4.98 Å². The molecule has 1 heterocycles. The van der Waals surface area contributed by atoms with Gasteiger partial charge in [-0.05, 0) is 54.5 Å². The quantitative estimate of drug-likeness (QED) is 0.388. The molecular weight excluding hydrogens is 375 g/mol. The Labute approximate surface area is 167 Å². The SMILES string of the molecule is CCCCOc1ccc(-c2csc(NC(=O)/C=C/c3ccc(F)cc3)n2)cc1. The number of amides is 1. The summed E-state index contributed by atoms with van der Waals surface area (Å²) >= 11 is 1.36. The molecule has 0 unspecified atom stereocenters. The van der Waals surface area contributed by atoms with Crippen LogP contribution in [-0.4, -0.2) is 17.5 Å². The third kappa shape index (κ3) is 5.76. The summed E-state index contributed by atoms with van der Waals surface area (Å²) < 4.78 is 18.6. The molecule has 0 aliphatic carbocycles. The van der Waals surface area contributed by atoms with Crippen LogP contribution in [0.1, 0.15) is 25.3 Å². The van der Waals surface area contributed by atoms with E-state index in [4.69, 9.17) is 4.74 Å². The number of halogens is 1. The Kier molecular flexibility index (Phi) is 6.92. The number of rotatable bonds is 8. The fourth-order valence-corrected chi connectivity index (χ4v) is 3.14. The largest absolute Gasteiger partial charge is 0.494 e. The molecule has 0 saturated carbocycles. The van der Waals surface area contributed by atoms with Crippen molar-refractivity contribution in [3.63, 3.8) is 0 Å². The van der Waals surface area contributed by atoms with Gasteiger partial charge in [-0.15, -0.1) is 11.3 Å². The van der Waals surface area contributed by atoms with Gasteiger partial charge in [0, 0.05) is 17.0 Å². The lowest BCUT2D eigenvalue weighted by atomic mass is 10.2. The molecule has 0 fully saturated rings. The third-order valence-corrected chi connectivity index (χ3v) is 4.71. The molecule has 0 atom stereocenters. The van der Waals surface area contributed by atoms with E-state index >= 15 is 0 Å². The third-order valence-electron chi connectivity index (χ3n) is 3.95. The second-order valence-electron chi connectivity index (χ2n) is 6.14. The molecule has 144 valence electrons. The first-order valence-corrected chi connectivity index (χ1v) is 9.95. The zero-order valence-electron chi connectivity index (χ0n) is 15.5. The van der Waals surface area contributed by atoms with Gasteiger partial charge in [-0.3, -0.25) is 10.1 Å². The molecule has 0 bridgehead atoms. The molecule has 1 aromatic heterocycles. The van der Waals surface area contributed by atoms with Gasteiger partial charge in [0.25, 0.3) is 0 Å². The molecule has 0 spiro atoms. The van der Waals surface area contributed by atoms with Crippen molar-refractivity contribution in [3.8, 4) is 17.0 Å². The number of ether oxygens (including phenoxy) is 1. The normalized spacial score (nSPS) is 10.9. The van der Waals surface area contributed by atoms with Crippen LogP contribution < -0.4 is 10.1 Å². The molecule has 2 aromatic carbocycles. The molecule has 0 aliphatic rings. The number of aromatic nitrogens is 1. The van der Waals surface area contributed by atoms with Gasteiger partial charge < -0.3 is 4.74 Å². The summed E-state index contributed by atoms with van der Waals surface area (Å²) in [4.78, 5) is 16.5. The topological polar surface area (TPSA) is 51.2 Å². The molecule has 0 aliphatic heterocycles. The predicted octanol–water partition coefficient (Wildman–Crippen LogP) is 5.78. The van der Waals surface area contributed by atoms with E-state index in [1.165, 1.54) is 29.5 Å². The number of thiazole rings is 1. The first-order chi connectivity index (χ1) is 13.6. The van der Waals surface area contributed by atoms with Crippen molar-refractivity contribution in [1.29, 1.82) is 0 Å². The highest BCUT2D eigenvalue weighted by atomic mass is 32.1. The van der Waals surface area contributed by atoms with Crippen LogP contribution in [0.25, 0.3) is 17.3 Å².